The van der Waals surface area contributed by atoms with Gasteiger partial charge in [-0.15, -0.1) is 0 Å². The van der Waals surface area contributed by atoms with Gasteiger partial charge in [0.25, 0.3) is 5.91 Å². The van der Waals surface area contributed by atoms with Crippen LogP contribution in [0.15, 0.2) is 97.9 Å². The highest BCUT2D eigenvalue weighted by Crippen LogP contribution is 2.27. The summed E-state index contributed by atoms with van der Waals surface area (Å²) in [4.78, 5) is 14.9. The number of hydrogen-bond donors (Lipinski definition) is 0. The Morgan fingerprint density at radius 2 is 1.69 bits per heavy atom. The first-order chi connectivity index (χ1) is 15.4. The van der Waals surface area contributed by atoms with Crippen molar-refractivity contribution < 1.29 is 26.8 Å². The molecule has 0 atom stereocenters. The summed E-state index contributed by atoms with van der Waals surface area (Å²) in [5.74, 6) is 0.604. The molecular weight excluding hydrogens is 430 g/mol. The van der Waals surface area contributed by atoms with Gasteiger partial charge in [-0.25, -0.2) is 8.42 Å². The van der Waals surface area contributed by atoms with Gasteiger partial charge in [0.2, 0.25) is 14.9 Å². The Hall–Kier alpha value is -3.78. The van der Waals surface area contributed by atoms with Crippen molar-refractivity contribution in [2.45, 2.75) is 23.5 Å². The second-order valence-corrected chi connectivity index (χ2v) is 8.98. The zero-order valence-electron chi connectivity index (χ0n) is 17.5. The molecule has 32 heavy (non-hydrogen) atoms. The topological polar surface area (TPSA) is 90.0 Å². The largest absolute Gasteiger partial charge is 0.497 e. The molecule has 0 fully saturated rings. The van der Waals surface area contributed by atoms with Crippen LogP contribution < -0.4 is 9.64 Å². The van der Waals surface area contributed by atoms with Crippen molar-refractivity contribution in [2.24, 2.45) is 0 Å². The fraction of sp³-hybridized carbons (Fsp3) is 0.125. The number of carbonyl (C=O) groups excluding carboxylic acids is 1. The molecule has 4 aromatic rings. The summed E-state index contributed by atoms with van der Waals surface area (Å²) in [6.45, 7) is 2.01. The number of ether oxygens (including phenoxy) is 1. The minimum Gasteiger partial charge on any atom is -0.497 e. The minimum absolute atomic E-state index is 0.0963. The van der Waals surface area contributed by atoms with E-state index in [9.17, 15) is 13.2 Å². The maximum absolute atomic E-state index is 13.3. The van der Waals surface area contributed by atoms with Gasteiger partial charge >= 0.3 is 0 Å². The molecule has 0 spiro atoms. The van der Waals surface area contributed by atoms with E-state index >= 15 is 0 Å². The number of carbonyl (C=O) groups is 1. The molecule has 0 unspecified atom stereocenters. The number of furan rings is 2. The van der Waals surface area contributed by atoms with Crippen LogP contribution in [-0.2, 0) is 16.4 Å². The molecular formula is C24H21NO6S. The molecule has 164 valence electrons. The molecule has 2 aromatic carbocycles. The number of amides is 1. The molecule has 0 N–H and O–H groups in total. The number of methoxy groups -OCH3 is 1. The normalized spacial score (nSPS) is 11.3. The third-order valence-corrected chi connectivity index (χ3v) is 6.55. The predicted molar refractivity (Wildman–Crippen MR) is 118 cm³/mol. The predicted octanol–water partition coefficient (Wildman–Crippen LogP) is 4.87. The Morgan fingerprint density at radius 1 is 0.969 bits per heavy atom. The van der Waals surface area contributed by atoms with E-state index in [1.807, 2.05) is 6.92 Å². The van der Waals surface area contributed by atoms with Crippen LogP contribution in [0.5, 0.6) is 5.75 Å². The number of aryl methyl sites for hydroxylation is 1. The number of benzene rings is 2. The van der Waals surface area contributed by atoms with Crippen LogP contribution >= 0.6 is 0 Å². The fourth-order valence-corrected chi connectivity index (χ4v) is 4.32. The van der Waals surface area contributed by atoms with E-state index in [0.29, 0.717) is 17.2 Å². The van der Waals surface area contributed by atoms with Crippen molar-refractivity contribution in [1.82, 2.24) is 0 Å². The number of anilines is 1. The van der Waals surface area contributed by atoms with Crippen LogP contribution in [0.3, 0.4) is 0 Å². The lowest BCUT2D eigenvalue weighted by Crippen LogP contribution is -2.30. The molecule has 7 nitrogen and oxygen atoms in total. The SMILES string of the molecule is COc1ccc(N(Cc2ccco2)C(=O)c2ccc(S(=O)(=O)c3ccc(C)cc3)o2)cc1. The van der Waals surface area contributed by atoms with Crippen molar-refractivity contribution in [3.05, 3.63) is 96.1 Å². The van der Waals surface area contributed by atoms with Crippen LogP contribution in [0.25, 0.3) is 0 Å². The van der Waals surface area contributed by atoms with Crippen LogP contribution in [0.4, 0.5) is 5.69 Å². The standard InChI is InChI=1S/C24H21NO6S/c1-17-5-11-21(12-6-17)32(27,28)23-14-13-22(31-23)24(26)25(16-20-4-3-15-30-20)18-7-9-19(29-2)10-8-18/h3-15H,16H2,1-2H3. The second-order valence-electron chi connectivity index (χ2n) is 7.10. The molecule has 2 heterocycles. The Kier molecular flexibility index (Phi) is 5.87. The van der Waals surface area contributed by atoms with Crippen molar-refractivity contribution in [2.75, 3.05) is 12.0 Å². The summed E-state index contributed by atoms with van der Waals surface area (Å²) in [7, 11) is -2.33. The quantitative estimate of drug-likeness (QED) is 0.398. The second kappa shape index (κ2) is 8.76. The smallest absolute Gasteiger partial charge is 0.294 e. The highest BCUT2D eigenvalue weighted by atomic mass is 32.2. The van der Waals surface area contributed by atoms with Gasteiger partial charge in [0, 0.05) is 5.69 Å². The van der Waals surface area contributed by atoms with Gasteiger partial charge in [0.15, 0.2) is 5.76 Å². The summed E-state index contributed by atoms with van der Waals surface area (Å²) in [6.07, 6.45) is 1.52. The van der Waals surface area contributed by atoms with Crippen LogP contribution in [0.2, 0.25) is 0 Å². The molecule has 0 aliphatic rings. The monoisotopic (exact) mass is 451 g/mol. The van der Waals surface area contributed by atoms with Crippen molar-refractivity contribution >= 4 is 21.4 Å². The van der Waals surface area contributed by atoms with E-state index in [0.717, 1.165) is 5.56 Å². The molecule has 0 aliphatic carbocycles. The highest BCUT2D eigenvalue weighted by molar-refractivity contribution is 7.91. The van der Waals surface area contributed by atoms with Crippen molar-refractivity contribution in [1.29, 1.82) is 0 Å². The molecule has 0 radical (unpaired) electrons. The van der Waals surface area contributed by atoms with Gasteiger partial charge in [0.1, 0.15) is 11.5 Å². The van der Waals surface area contributed by atoms with Gasteiger partial charge < -0.3 is 13.6 Å². The Labute approximate surface area is 185 Å². The van der Waals surface area contributed by atoms with Gasteiger partial charge in [0.05, 0.1) is 24.8 Å². The molecule has 1 amide bonds. The number of sulfone groups is 1. The number of nitrogens with zero attached hydrogens (tertiary/aromatic N) is 1. The third-order valence-electron chi connectivity index (χ3n) is 4.91. The first kappa shape index (κ1) is 21.5. The maximum Gasteiger partial charge on any atom is 0.294 e. The van der Waals surface area contributed by atoms with Crippen LogP contribution in [0.1, 0.15) is 21.9 Å². The van der Waals surface area contributed by atoms with Crippen LogP contribution in [0, 0.1) is 6.92 Å². The zero-order chi connectivity index (χ0) is 22.7. The van der Waals surface area contributed by atoms with E-state index in [4.69, 9.17) is 13.6 Å². The molecule has 0 saturated carbocycles. The van der Waals surface area contributed by atoms with Crippen molar-refractivity contribution in [3.8, 4) is 5.75 Å². The van der Waals surface area contributed by atoms with E-state index in [2.05, 4.69) is 0 Å². The van der Waals surface area contributed by atoms with Gasteiger partial charge in [-0.1, -0.05) is 17.7 Å². The lowest BCUT2D eigenvalue weighted by molar-refractivity contribution is 0.0951. The maximum atomic E-state index is 13.3. The molecule has 0 aliphatic heterocycles. The van der Waals surface area contributed by atoms with E-state index in [-0.39, 0.29) is 22.3 Å². The average Bonchev–Trinajstić information content (AvgIpc) is 3.50. The fourth-order valence-electron chi connectivity index (χ4n) is 3.15. The molecule has 0 bridgehead atoms. The number of rotatable bonds is 7. The van der Waals surface area contributed by atoms with E-state index < -0.39 is 15.7 Å². The van der Waals surface area contributed by atoms with E-state index in [1.165, 1.54) is 35.4 Å². The number of hydrogen-bond acceptors (Lipinski definition) is 6. The van der Waals surface area contributed by atoms with Gasteiger partial charge in [-0.05, 0) is 67.6 Å². The summed E-state index contributed by atoms with van der Waals surface area (Å²) < 4.78 is 41.9. The third kappa shape index (κ3) is 4.31. The molecule has 8 heteroatoms. The molecule has 2 aromatic heterocycles. The minimum atomic E-state index is -3.89. The first-order valence-corrected chi connectivity index (χ1v) is 11.3. The lowest BCUT2D eigenvalue weighted by atomic mass is 10.2. The Morgan fingerprint density at radius 3 is 2.31 bits per heavy atom. The summed E-state index contributed by atoms with van der Waals surface area (Å²) >= 11 is 0. The average molecular weight is 452 g/mol. The Balaban J connectivity index is 1.66. The van der Waals surface area contributed by atoms with E-state index in [1.54, 1.807) is 55.6 Å². The summed E-state index contributed by atoms with van der Waals surface area (Å²) in [6, 6.07) is 19.5. The first-order valence-electron chi connectivity index (χ1n) is 9.78. The highest BCUT2D eigenvalue weighted by Gasteiger charge is 2.27. The van der Waals surface area contributed by atoms with Gasteiger partial charge in [-0.3, -0.25) is 9.69 Å². The van der Waals surface area contributed by atoms with Gasteiger partial charge in [-0.2, -0.15) is 0 Å². The summed E-state index contributed by atoms with van der Waals surface area (Å²) in [5, 5.41) is -0.294. The summed E-state index contributed by atoms with van der Waals surface area (Å²) in [5.41, 5.74) is 1.51. The molecule has 4 rings (SSSR count). The zero-order valence-corrected chi connectivity index (χ0v) is 18.3. The van der Waals surface area contributed by atoms with Crippen molar-refractivity contribution in [3.63, 3.8) is 0 Å². The molecule has 0 saturated heterocycles. The Bertz CT molecular complexity index is 1300. The van der Waals surface area contributed by atoms with Crippen LogP contribution in [-0.4, -0.2) is 21.4 Å². The lowest BCUT2D eigenvalue weighted by Gasteiger charge is -2.21.